The van der Waals surface area contributed by atoms with Gasteiger partial charge in [0.05, 0.1) is 18.3 Å². The summed E-state index contributed by atoms with van der Waals surface area (Å²) in [4.78, 5) is 25.7. The van der Waals surface area contributed by atoms with Gasteiger partial charge in [0.1, 0.15) is 5.82 Å². The normalized spacial score (nSPS) is 17.1. The maximum absolute atomic E-state index is 10.9. The third kappa shape index (κ3) is 3.75. The molecule has 1 saturated heterocycles. The van der Waals surface area contributed by atoms with Crippen molar-refractivity contribution >= 4 is 23.4 Å². The lowest BCUT2D eigenvalue weighted by Gasteiger charge is -2.31. The highest BCUT2D eigenvalue weighted by Crippen LogP contribution is 2.29. The zero-order valence-electron chi connectivity index (χ0n) is 14.2. The van der Waals surface area contributed by atoms with Gasteiger partial charge in [-0.1, -0.05) is 16.8 Å². The van der Waals surface area contributed by atoms with Gasteiger partial charge in [-0.25, -0.2) is 14.8 Å². The van der Waals surface area contributed by atoms with Gasteiger partial charge in [-0.3, -0.25) is 0 Å². The molecule has 1 atom stereocenters. The molecule has 0 bridgehead atoms. The van der Waals surface area contributed by atoms with Crippen molar-refractivity contribution in [3.05, 3.63) is 53.3 Å². The molecule has 0 radical (unpaired) electrons. The van der Waals surface area contributed by atoms with E-state index in [0.717, 1.165) is 24.9 Å². The second-order valence-electron chi connectivity index (χ2n) is 6.31. The first-order valence-corrected chi connectivity index (χ1v) is 8.88. The Labute approximate surface area is 159 Å². The molecule has 9 heteroatoms. The number of piperidine rings is 1. The molecule has 1 N–H and O–H groups in total. The third-order valence-electron chi connectivity index (χ3n) is 4.50. The van der Waals surface area contributed by atoms with Gasteiger partial charge < -0.3 is 14.5 Å². The van der Waals surface area contributed by atoms with Crippen LogP contribution < -0.4 is 4.90 Å². The van der Waals surface area contributed by atoms with Crippen LogP contribution in [0.3, 0.4) is 0 Å². The largest absolute Gasteiger partial charge is 0.476 e. The summed E-state index contributed by atoms with van der Waals surface area (Å²) < 4.78 is 5.49. The number of carbonyl (C=O) groups is 1. The van der Waals surface area contributed by atoms with Crippen LogP contribution in [0, 0.1) is 0 Å². The fourth-order valence-corrected chi connectivity index (χ4v) is 3.22. The van der Waals surface area contributed by atoms with Crippen LogP contribution in [0.1, 0.15) is 35.1 Å². The predicted octanol–water partition coefficient (Wildman–Crippen LogP) is 3.26. The Bertz CT molecular complexity index is 942. The third-order valence-corrected chi connectivity index (χ3v) is 4.75. The van der Waals surface area contributed by atoms with E-state index >= 15 is 0 Å². The van der Waals surface area contributed by atoms with E-state index in [1.54, 1.807) is 12.1 Å². The maximum Gasteiger partial charge on any atom is 0.356 e. The Balaban J connectivity index is 1.50. The minimum absolute atomic E-state index is 0.0724. The minimum atomic E-state index is -1.09. The van der Waals surface area contributed by atoms with Crippen molar-refractivity contribution in [2.75, 3.05) is 18.0 Å². The van der Waals surface area contributed by atoms with Crippen LogP contribution in [0.25, 0.3) is 11.4 Å². The molecule has 0 saturated carbocycles. The number of carboxylic acid groups (broad SMARTS) is 1. The van der Waals surface area contributed by atoms with Gasteiger partial charge in [-0.15, -0.1) is 0 Å². The van der Waals surface area contributed by atoms with Gasteiger partial charge in [0.25, 0.3) is 0 Å². The maximum atomic E-state index is 10.9. The number of rotatable bonds is 4. The molecule has 3 aromatic rings. The lowest BCUT2D eigenvalue weighted by molar-refractivity contribution is 0.0690. The first-order chi connectivity index (χ1) is 13.1. The molecule has 1 aromatic carbocycles. The summed E-state index contributed by atoms with van der Waals surface area (Å²) in [6.45, 7) is 1.47. The highest BCUT2D eigenvalue weighted by atomic mass is 35.5. The number of aromatic nitrogens is 4. The van der Waals surface area contributed by atoms with E-state index in [-0.39, 0.29) is 11.6 Å². The fourth-order valence-electron chi connectivity index (χ4n) is 3.10. The zero-order valence-corrected chi connectivity index (χ0v) is 15.0. The minimum Gasteiger partial charge on any atom is -0.476 e. The van der Waals surface area contributed by atoms with Gasteiger partial charge in [0, 0.05) is 23.7 Å². The van der Waals surface area contributed by atoms with Crippen LogP contribution in [0.5, 0.6) is 0 Å². The van der Waals surface area contributed by atoms with Crippen molar-refractivity contribution in [1.82, 2.24) is 20.1 Å². The second kappa shape index (κ2) is 7.32. The van der Waals surface area contributed by atoms with Crippen LogP contribution in [-0.2, 0) is 0 Å². The van der Waals surface area contributed by atoms with Gasteiger partial charge >= 0.3 is 5.97 Å². The standard InChI is InChI=1S/C18H16ClN5O3/c19-13-5-3-11(4-6-13)16-22-17(27-23-16)12-2-1-7-24(10-12)15-9-20-14(8-21-15)18(25)26/h3-6,8-9,12H,1-2,7,10H2,(H,25,26). The monoisotopic (exact) mass is 385 g/mol. The highest BCUT2D eigenvalue weighted by Gasteiger charge is 2.27. The molecule has 8 nitrogen and oxygen atoms in total. The molecule has 3 heterocycles. The number of carboxylic acids is 1. The molecular formula is C18H16ClN5O3. The van der Waals surface area contributed by atoms with E-state index in [1.165, 1.54) is 12.4 Å². The lowest BCUT2D eigenvalue weighted by Crippen LogP contribution is -2.35. The number of anilines is 1. The summed E-state index contributed by atoms with van der Waals surface area (Å²) in [6, 6.07) is 7.27. The average Bonchev–Trinajstić information content (AvgIpc) is 3.19. The van der Waals surface area contributed by atoms with Crippen molar-refractivity contribution in [3.63, 3.8) is 0 Å². The predicted molar refractivity (Wildman–Crippen MR) is 97.9 cm³/mol. The van der Waals surface area contributed by atoms with Crippen molar-refractivity contribution < 1.29 is 14.4 Å². The Morgan fingerprint density at radius 3 is 2.74 bits per heavy atom. The quantitative estimate of drug-likeness (QED) is 0.729. The van der Waals surface area contributed by atoms with E-state index in [4.69, 9.17) is 21.2 Å². The summed E-state index contributed by atoms with van der Waals surface area (Å²) in [7, 11) is 0. The Morgan fingerprint density at radius 1 is 1.22 bits per heavy atom. The summed E-state index contributed by atoms with van der Waals surface area (Å²) >= 11 is 5.91. The molecule has 27 heavy (non-hydrogen) atoms. The number of halogens is 1. The summed E-state index contributed by atoms with van der Waals surface area (Å²) in [5.41, 5.74) is 0.772. The Kier molecular flexibility index (Phi) is 4.72. The molecule has 0 amide bonds. The molecule has 1 aliphatic heterocycles. The summed E-state index contributed by atoms with van der Waals surface area (Å²) in [6.07, 6.45) is 4.62. The van der Waals surface area contributed by atoms with Crippen molar-refractivity contribution in [3.8, 4) is 11.4 Å². The SMILES string of the molecule is O=C(O)c1cnc(N2CCCC(c3nc(-c4ccc(Cl)cc4)no3)C2)cn1. The van der Waals surface area contributed by atoms with E-state index in [1.807, 2.05) is 12.1 Å². The zero-order chi connectivity index (χ0) is 18.8. The van der Waals surface area contributed by atoms with Gasteiger partial charge in [0.15, 0.2) is 5.69 Å². The highest BCUT2D eigenvalue weighted by molar-refractivity contribution is 6.30. The van der Waals surface area contributed by atoms with Crippen LogP contribution in [0.15, 0.2) is 41.2 Å². The van der Waals surface area contributed by atoms with Gasteiger partial charge in [-0.05, 0) is 37.1 Å². The first-order valence-electron chi connectivity index (χ1n) is 8.50. The molecule has 0 aliphatic carbocycles. The molecule has 1 unspecified atom stereocenters. The molecule has 138 valence electrons. The van der Waals surface area contributed by atoms with Crippen molar-refractivity contribution in [2.24, 2.45) is 0 Å². The van der Waals surface area contributed by atoms with E-state index < -0.39 is 5.97 Å². The topological polar surface area (TPSA) is 105 Å². The van der Waals surface area contributed by atoms with Crippen LogP contribution in [0.4, 0.5) is 5.82 Å². The summed E-state index contributed by atoms with van der Waals surface area (Å²) in [5, 5.41) is 13.7. The number of hydrogen-bond acceptors (Lipinski definition) is 7. The van der Waals surface area contributed by atoms with Gasteiger partial charge in [-0.2, -0.15) is 4.98 Å². The Morgan fingerprint density at radius 2 is 2.04 bits per heavy atom. The molecule has 2 aromatic heterocycles. The fraction of sp³-hybridized carbons (Fsp3) is 0.278. The van der Waals surface area contributed by atoms with E-state index in [0.29, 0.717) is 29.1 Å². The lowest BCUT2D eigenvalue weighted by atomic mass is 9.98. The van der Waals surface area contributed by atoms with Gasteiger partial charge in [0.2, 0.25) is 11.7 Å². The Hall–Kier alpha value is -3.00. The molecular weight excluding hydrogens is 370 g/mol. The summed E-state index contributed by atoms with van der Waals surface area (Å²) in [5.74, 6) is 0.741. The second-order valence-corrected chi connectivity index (χ2v) is 6.75. The number of hydrogen-bond donors (Lipinski definition) is 1. The first kappa shape index (κ1) is 17.4. The molecule has 4 rings (SSSR count). The molecule has 1 aliphatic rings. The van der Waals surface area contributed by atoms with Crippen molar-refractivity contribution in [1.29, 1.82) is 0 Å². The number of aromatic carboxylic acids is 1. The van der Waals surface area contributed by atoms with E-state index in [2.05, 4.69) is 25.0 Å². The van der Waals surface area contributed by atoms with Crippen molar-refractivity contribution in [2.45, 2.75) is 18.8 Å². The van der Waals surface area contributed by atoms with Crippen LogP contribution >= 0.6 is 11.6 Å². The van der Waals surface area contributed by atoms with Crippen LogP contribution in [-0.4, -0.2) is 44.3 Å². The number of nitrogens with zero attached hydrogens (tertiary/aromatic N) is 5. The van der Waals surface area contributed by atoms with E-state index in [9.17, 15) is 4.79 Å². The number of benzene rings is 1. The smallest absolute Gasteiger partial charge is 0.356 e. The average molecular weight is 386 g/mol. The molecule has 0 spiro atoms. The van der Waals surface area contributed by atoms with Crippen LogP contribution in [0.2, 0.25) is 5.02 Å². The molecule has 1 fully saturated rings.